The normalized spacial score (nSPS) is 28.2. The van der Waals surface area contributed by atoms with E-state index in [-0.39, 0.29) is 36.2 Å². The van der Waals surface area contributed by atoms with Crippen molar-refractivity contribution in [3.05, 3.63) is 29.3 Å². The van der Waals surface area contributed by atoms with E-state index in [1.165, 1.54) is 0 Å². The van der Waals surface area contributed by atoms with Crippen molar-refractivity contribution in [1.82, 2.24) is 9.80 Å². The van der Waals surface area contributed by atoms with Crippen LogP contribution >= 0.6 is 0 Å². The smallest absolute Gasteiger partial charge is 0.249 e. The molecule has 0 unspecified atom stereocenters. The maximum Gasteiger partial charge on any atom is 0.249 e. The molecule has 0 spiro atoms. The van der Waals surface area contributed by atoms with Crippen LogP contribution in [0.2, 0.25) is 0 Å². The first-order valence-electron chi connectivity index (χ1n) is 13.6. The summed E-state index contributed by atoms with van der Waals surface area (Å²) in [6, 6.07) is 5.27. The van der Waals surface area contributed by atoms with E-state index >= 15 is 0 Å². The molecule has 1 aliphatic carbocycles. The van der Waals surface area contributed by atoms with Crippen LogP contribution < -0.4 is 10.6 Å². The lowest BCUT2D eigenvalue weighted by molar-refractivity contribution is -0.138. The van der Waals surface area contributed by atoms with Gasteiger partial charge in [-0.1, -0.05) is 26.7 Å². The second-order valence-electron chi connectivity index (χ2n) is 11.5. The summed E-state index contributed by atoms with van der Waals surface area (Å²) in [4.78, 5) is 46.3. The minimum Gasteiger partial charge on any atom is -0.369 e. The number of likely N-dealkylation sites (N-methyl/N-ethyl adjacent to an activating group) is 1. The number of benzene rings is 1. The Hall–Kier alpha value is -2.45. The van der Waals surface area contributed by atoms with E-state index in [4.69, 9.17) is 10.5 Å². The van der Waals surface area contributed by atoms with E-state index in [2.05, 4.69) is 30.7 Å². The minimum atomic E-state index is -0.522. The Morgan fingerprint density at radius 2 is 1.78 bits per heavy atom. The molecule has 0 aromatic heterocycles. The Morgan fingerprint density at radius 3 is 2.42 bits per heavy atom. The van der Waals surface area contributed by atoms with Crippen LogP contribution in [0.4, 0.5) is 5.69 Å². The summed E-state index contributed by atoms with van der Waals surface area (Å²) >= 11 is 0. The first kappa shape index (κ1) is 25.2. The van der Waals surface area contributed by atoms with Gasteiger partial charge in [-0.2, -0.15) is 0 Å². The van der Waals surface area contributed by atoms with Crippen LogP contribution in [0, 0.1) is 17.8 Å². The molecule has 8 nitrogen and oxygen atoms in total. The molecule has 196 valence electrons. The fourth-order valence-corrected chi connectivity index (χ4v) is 6.86. The fourth-order valence-electron chi connectivity index (χ4n) is 6.86. The third kappa shape index (κ3) is 4.54. The van der Waals surface area contributed by atoms with Gasteiger partial charge in [0.15, 0.2) is 5.78 Å². The second kappa shape index (κ2) is 10.1. The molecule has 3 saturated heterocycles. The molecule has 4 fully saturated rings. The maximum absolute atomic E-state index is 14.4. The first-order valence-corrected chi connectivity index (χ1v) is 13.6. The number of primary amides is 1. The molecule has 5 rings (SSSR count). The monoisotopic (exact) mass is 496 g/mol. The van der Waals surface area contributed by atoms with Crippen molar-refractivity contribution in [1.29, 1.82) is 0 Å². The van der Waals surface area contributed by atoms with E-state index in [9.17, 15) is 14.4 Å². The van der Waals surface area contributed by atoms with Gasteiger partial charge in [-0.25, -0.2) is 0 Å². The number of ether oxygens (including phenoxy) is 1. The lowest BCUT2D eigenvalue weighted by Crippen LogP contribution is -2.46. The second-order valence-corrected chi connectivity index (χ2v) is 11.5. The molecular weight excluding hydrogens is 456 g/mol. The van der Waals surface area contributed by atoms with Crippen molar-refractivity contribution in [2.45, 2.75) is 57.6 Å². The molecule has 4 aliphatic rings. The number of hydrogen-bond acceptors (Lipinski definition) is 6. The quantitative estimate of drug-likeness (QED) is 0.649. The maximum atomic E-state index is 14.4. The van der Waals surface area contributed by atoms with Gasteiger partial charge in [-0.15, -0.1) is 0 Å². The lowest BCUT2D eigenvalue weighted by atomic mass is 9.80. The Labute approximate surface area is 214 Å². The van der Waals surface area contributed by atoms with Crippen molar-refractivity contribution >= 4 is 23.3 Å². The topological polar surface area (TPSA) is 96.2 Å². The van der Waals surface area contributed by atoms with Gasteiger partial charge in [0.25, 0.3) is 0 Å². The number of likely N-dealkylation sites (tertiary alicyclic amines) is 1. The zero-order valence-corrected chi connectivity index (χ0v) is 21.8. The Bertz CT molecular complexity index is 1010. The van der Waals surface area contributed by atoms with E-state index < -0.39 is 17.9 Å². The number of hydrogen-bond donors (Lipinski definition) is 1. The number of amides is 2. The number of nitrogens with two attached hydrogens (primary N) is 1. The molecule has 8 heteroatoms. The summed E-state index contributed by atoms with van der Waals surface area (Å²) in [5.74, 6) is -0.491. The van der Waals surface area contributed by atoms with Crippen molar-refractivity contribution < 1.29 is 19.1 Å². The average Bonchev–Trinajstić information content (AvgIpc) is 3.58. The summed E-state index contributed by atoms with van der Waals surface area (Å²) < 4.78 is 5.90. The van der Waals surface area contributed by atoms with Gasteiger partial charge in [-0.3, -0.25) is 14.4 Å². The van der Waals surface area contributed by atoms with Crippen LogP contribution in [0.5, 0.6) is 0 Å². The molecule has 3 aliphatic heterocycles. The fraction of sp³-hybridized carbons (Fsp3) is 0.679. The van der Waals surface area contributed by atoms with Gasteiger partial charge < -0.3 is 25.2 Å². The number of rotatable bonds is 6. The number of anilines is 1. The molecule has 1 saturated carbocycles. The molecule has 2 N–H and O–H groups in total. The predicted molar refractivity (Wildman–Crippen MR) is 138 cm³/mol. The number of ketones is 1. The summed E-state index contributed by atoms with van der Waals surface area (Å²) in [6.45, 7) is 8.56. The van der Waals surface area contributed by atoms with Crippen LogP contribution in [-0.4, -0.2) is 85.9 Å². The highest BCUT2D eigenvalue weighted by molar-refractivity contribution is 5.99. The highest BCUT2D eigenvalue weighted by atomic mass is 16.5. The van der Waals surface area contributed by atoms with Crippen molar-refractivity contribution in [2.24, 2.45) is 23.5 Å². The van der Waals surface area contributed by atoms with Gasteiger partial charge in [0, 0.05) is 49.9 Å². The summed E-state index contributed by atoms with van der Waals surface area (Å²) in [6.07, 6.45) is 3.78. The average molecular weight is 497 g/mol. The van der Waals surface area contributed by atoms with Crippen LogP contribution in [-0.2, 0) is 14.3 Å². The van der Waals surface area contributed by atoms with Gasteiger partial charge in [0.1, 0.15) is 12.6 Å². The summed E-state index contributed by atoms with van der Waals surface area (Å²) in [5, 5.41) is 0. The van der Waals surface area contributed by atoms with Crippen molar-refractivity contribution in [2.75, 3.05) is 51.3 Å². The summed E-state index contributed by atoms with van der Waals surface area (Å²) in [5.41, 5.74) is 8.04. The number of Topliss-reactive ketones (excluding diaryl/α,β-unsaturated/α-hetero) is 1. The van der Waals surface area contributed by atoms with Crippen molar-refractivity contribution in [3.8, 4) is 0 Å². The Morgan fingerprint density at radius 1 is 1.08 bits per heavy atom. The largest absolute Gasteiger partial charge is 0.369 e. The predicted octanol–water partition coefficient (Wildman–Crippen LogP) is 2.26. The number of carbonyl (C=O) groups excluding carboxylic acids is 3. The Kier molecular flexibility index (Phi) is 7.10. The van der Waals surface area contributed by atoms with Crippen LogP contribution in [0.25, 0.3) is 0 Å². The number of carbonyl (C=O) groups is 3. The highest BCUT2D eigenvalue weighted by Crippen LogP contribution is 2.44. The molecule has 1 aromatic carbocycles. The van der Waals surface area contributed by atoms with Gasteiger partial charge in [-0.05, 0) is 55.5 Å². The SMILES string of the molecule is CC(C)[C@H]1CN(C(=O)[C@H](c2cc(N3CCN(C)CC3)ccc2C(N)=O)C2CCCC2)[C@@H]2C(=O)CO[C@H]12. The summed E-state index contributed by atoms with van der Waals surface area (Å²) in [7, 11) is 2.12. The number of fused-ring (bicyclic) bond motifs is 1. The third-order valence-electron chi connectivity index (χ3n) is 9.01. The molecule has 3 heterocycles. The number of nitrogens with zero attached hydrogens (tertiary/aromatic N) is 3. The minimum absolute atomic E-state index is 0.0111. The van der Waals surface area contributed by atoms with Crippen LogP contribution in [0.3, 0.4) is 0 Å². The van der Waals surface area contributed by atoms with Crippen molar-refractivity contribution in [3.63, 3.8) is 0 Å². The van der Waals surface area contributed by atoms with Crippen LogP contribution in [0.1, 0.15) is 61.4 Å². The molecule has 4 atom stereocenters. The zero-order chi connectivity index (χ0) is 25.6. The standard InChI is InChI=1S/C28H40N4O4/c1-17(2)22-15-32(25-23(33)16-36-26(22)25)28(35)24(18-6-4-5-7-18)21-14-19(8-9-20(21)27(29)34)31-12-10-30(3)11-13-31/h8-9,14,17-18,22,24-26H,4-7,10-13,15-16H2,1-3H3,(H2,29,34)/t22-,24+,25-,26-/m1/s1. The van der Waals surface area contributed by atoms with E-state index in [1.54, 1.807) is 11.0 Å². The first-order chi connectivity index (χ1) is 17.3. The van der Waals surface area contributed by atoms with Gasteiger partial charge in [0.2, 0.25) is 11.8 Å². The third-order valence-corrected chi connectivity index (χ3v) is 9.01. The van der Waals surface area contributed by atoms with E-state index in [0.29, 0.717) is 18.0 Å². The zero-order valence-electron chi connectivity index (χ0n) is 21.8. The molecule has 0 radical (unpaired) electrons. The molecule has 0 bridgehead atoms. The van der Waals surface area contributed by atoms with Gasteiger partial charge >= 0.3 is 0 Å². The van der Waals surface area contributed by atoms with Gasteiger partial charge in [0.05, 0.1) is 12.0 Å². The highest BCUT2D eigenvalue weighted by Gasteiger charge is 2.54. The number of piperazine rings is 1. The molecule has 36 heavy (non-hydrogen) atoms. The molecule has 1 aromatic rings. The van der Waals surface area contributed by atoms with E-state index in [0.717, 1.165) is 63.1 Å². The lowest BCUT2D eigenvalue weighted by Gasteiger charge is -2.35. The Balaban J connectivity index is 1.54. The molecular formula is C28H40N4O4. The van der Waals surface area contributed by atoms with E-state index in [1.807, 2.05) is 12.1 Å². The molecule has 2 amide bonds. The van der Waals surface area contributed by atoms with Crippen LogP contribution in [0.15, 0.2) is 18.2 Å².